The Bertz CT molecular complexity index is 441. The van der Waals surface area contributed by atoms with Crippen LogP contribution in [0.4, 0.5) is 0 Å². The van der Waals surface area contributed by atoms with Crippen LogP contribution in [0.1, 0.15) is 37.3 Å². The molecule has 2 unspecified atom stereocenters. The molecule has 110 valence electrons. The summed E-state index contributed by atoms with van der Waals surface area (Å²) in [7, 11) is 0. The van der Waals surface area contributed by atoms with E-state index in [2.05, 4.69) is 43.0 Å². The van der Waals surface area contributed by atoms with Crippen LogP contribution in [-0.2, 0) is 11.2 Å². The van der Waals surface area contributed by atoms with Gasteiger partial charge in [0, 0.05) is 12.6 Å². The molecule has 0 spiro atoms. The zero-order valence-corrected chi connectivity index (χ0v) is 12.5. The van der Waals surface area contributed by atoms with Gasteiger partial charge in [0.15, 0.2) is 0 Å². The van der Waals surface area contributed by atoms with Gasteiger partial charge in [0.05, 0.1) is 6.42 Å². The average molecular weight is 275 g/mol. The highest BCUT2D eigenvalue weighted by molar-refractivity contribution is 5.67. The van der Waals surface area contributed by atoms with Crippen molar-refractivity contribution >= 4 is 5.97 Å². The number of hydrogen-bond acceptors (Lipinski definition) is 2. The maximum absolute atomic E-state index is 11.2. The van der Waals surface area contributed by atoms with Gasteiger partial charge in [-0.3, -0.25) is 9.69 Å². The van der Waals surface area contributed by atoms with E-state index in [4.69, 9.17) is 0 Å². The van der Waals surface area contributed by atoms with Gasteiger partial charge < -0.3 is 5.11 Å². The van der Waals surface area contributed by atoms with Gasteiger partial charge in [0.2, 0.25) is 0 Å². The third-order valence-corrected chi connectivity index (χ3v) is 4.21. The fraction of sp³-hybridized carbons (Fsp3) is 0.588. The third kappa shape index (κ3) is 4.34. The molecule has 2 atom stereocenters. The highest BCUT2D eigenvalue weighted by Gasteiger charge is 2.25. The minimum Gasteiger partial charge on any atom is -0.481 e. The summed E-state index contributed by atoms with van der Waals surface area (Å²) in [6.45, 7) is 6.40. The Hall–Kier alpha value is -1.35. The standard InChI is InChI=1S/C17H25NO2/c1-13-5-7-15(8-6-13)10-16(11-17(19)20)18-9-3-4-14(2)12-18/h5-8,14,16H,3-4,9-12H2,1-2H3,(H,19,20). The second kappa shape index (κ2) is 6.89. The summed E-state index contributed by atoms with van der Waals surface area (Å²) in [5.41, 5.74) is 2.48. The fourth-order valence-electron chi connectivity index (χ4n) is 3.09. The molecule has 1 aromatic rings. The summed E-state index contributed by atoms with van der Waals surface area (Å²) in [6.07, 6.45) is 3.52. The van der Waals surface area contributed by atoms with Crippen LogP contribution in [-0.4, -0.2) is 35.1 Å². The van der Waals surface area contributed by atoms with E-state index in [-0.39, 0.29) is 12.5 Å². The first-order valence-corrected chi connectivity index (χ1v) is 7.56. The van der Waals surface area contributed by atoms with Gasteiger partial charge in [-0.25, -0.2) is 0 Å². The van der Waals surface area contributed by atoms with Crippen molar-refractivity contribution in [3.05, 3.63) is 35.4 Å². The molecule has 1 fully saturated rings. The SMILES string of the molecule is Cc1ccc(CC(CC(=O)O)N2CCCC(C)C2)cc1. The van der Waals surface area contributed by atoms with Crippen LogP contribution < -0.4 is 0 Å². The minimum absolute atomic E-state index is 0.123. The molecule has 1 saturated heterocycles. The highest BCUT2D eigenvalue weighted by Crippen LogP contribution is 2.21. The molecule has 3 nitrogen and oxygen atoms in total. The second-order valence-corrected chi connectivity index (χ2v) is 6.18. The Morgan fingerprint density at radius 2 is 2.10 bits per heavy atom. The molecule has 1 aliphatic rings. The van der Waals surface area contributed by atoms with E-state index in [0.717, 1.165) is 19.5 Å². The van der Waals surface area contributed by atoms with Gasteiger partial charge in [-0.1, -0.05) is 36.8 Å². The maximum Gasteiger partial charge on any atom is 0.304 e. The van der Waals surface area contributed by atoms with Gasteiger partial charge in [0.1, 0.15) is 0 Å². The number of aliphatic carboxylic acids is 1. The predicted molar refractivity (Wildman–Crippen MR) is 80.9 cm³/mol. The van der Waals surface area contributed by atoms with Gasteiger partial charge in [-0.2, -0.15) is 0 Å². The van der Waals surface area contributed by atoms with Crippen molar-refractivity contribution in [3.63, 3.8) is 0 Å². The number of likely N-dealkylation sites (tertiary alicyclic amines) is 1. The van der Waals surface area contributed by atoms with Crippen molar-refractivity contribution < 1.29 is 9.90 Å². The van der Waals surface area contributed by atoms with Crippen molar-refractivity contribution in [1.29, 1.82) is 0 Å². The van der Waals surface area contributed by atoms with Crippen molar-refractivity contribution in [2.45, 2.75) is 45.6 Å². The summed E-state index contributed by atoms with van der Waals surface area (Å²) in [6, 6.07) is 8.57. The molecule has 1 N–H and O–H groups in total. The van der Waals surface area contributed by atoms with Gasteiger partial charge >= 0.3 is 5.97 Å². The van der Waals surface area contributed by atoms with E-state index in [1.165, 1.54) is 24.0 Å². The molecule has 0 amide bonds. The molecule has 1 aromatic carbocycles. The largest absolute Gasteiger partial charge is 0.481 e. The number of carboxylic acid groups (broad SMARTS) is 1. The van der Waals surface area contributed by atoms with Crippen LogP contribution in [0, 0.1) is 12.8 Å². The smallest absolute Gasteiger partial charge is 0.304 e. The predicted octanol–water partition coefficient (Wildman–Crippen LogP) is 3.11. The number of rotatable bonds is 5. The van der Waals surface area contributed by atoms with Crippen LogP contribution in [0.25, 0.3) is 0 Å². The molecule has 1 heterocycles. The Balaban J connectivity index is 2.06. The summed E-state index contributed by atoms with van der Waals surface area (Å²) in [5, 5.41) is 9.18. The monoisotopic (exact) mass is 275 g/mol. The molecule has 0 aliphatic carbocycles. The molecule has 0 bridgehead atoms. The van der Waals surface area contributed by atoms with Crippen molar-refractivity contribution in [1.82, 2.24) is 4.90 Å². The van der Waals surface area contributed by atoms with E-state index in [9.17, 15) is 9.90 Å². The van der Waals surface area contributed by atoms with Crippen LogP contribution in [0.5, 0.6) is 0 Å². The maximum atomic E-state index is 11.2. The number of aryl methyl sites for hydroxylation is 1. The summed E-state index contributed by atoms with van der Waals surface area (Å²) in [5.74, 6) is -0.0154. The molecule has 1 aliphatic heterocycles. The Morgan fingerprint density at radius 1 is 1.40 bits per heavy atom. The lowest BCUT2D eigenvalue weighted by Crippen LogP contribution is -2.44. The normalized spacial score (nSPS) is 21.6. The van der Waals surface area contributed by atoms with Crippen LogP contribution >= 0.6 is 0 Å². The van der Waals surface area contributed by atoms with Crippen LogP contribution in [0.15, 0.2) is 24.3 Å². The number of carboxylic acids is 1. The molecule has 20 heavy (non-hydrogen) atoms. The van der Waals surface area contributed by atoms with Gasteiger partial charge in [0.25, 0.3) is 0 Å². The quantitative estimate of drug-likeness (QED) is 0.897. The molecule has 0 aromatic heterocycles. The summed E-state index contributed by atoms with van der Waals surface area (Å²) >= 11 is 0. The van der Waals surface area contributed by atoms with Crippen LogP contribution in [0.2, 0.25) is 0 Å². The lowest BCUT2D eigenvalue weighted by Gasteiger charge is -2.37. The first-order chi connectivity index (χ1) is 9.54. The molecular weight excluding hydrogens is 250 g/mol. The molecule has 0 saturated carbocycles. The Labute approximate surface area is 121 Å². The highest BCUT2D eigenvalue weighted by atomic mass is 16.4. The molecule has 3 heteroatoms. The van der Waals surface area contributed by atoms with E-state index in [1.807, 2.05) is 0 Å². The molecule has 2 rings (SSSR count). The lowest BCUT2D eigenvalue weighted by atomic mass is 9.94. The zero-order valence-electron chi connectivity index (χ0n) is 12.5. The van der Waals surface area contributed by atoms with Crippen molar-refractivity contribution in [2.24, 2.45) is 5.92 Å². The van der Waals surface area contributed by atoms with E-state index in [1.54, 1.807) is 0 Å². The van der Waals surface area contributed by atoms with E-state index >= 15 is 0 Å². The summed E-state index contributed by atoms with van der Waals surface area (Å²) in [4.78, 5) is 13.5. The topological polar surface area (TPSA) is 40.5 Å². The molecular formula is C17H25NO2. The minimum atomic E-state index is -0.694. The number of piperidine rings is 1. The first-order valence-electron chi connectivity index (χ1n) is 7.56. The van der Waals surface area contributed by atoms with Gasteiger partial charge in [-0.05, 0) is 44.2 Å². The van der Waals surface area contributed by atoms with E-state index < -0.39 is 5.97 Å². The van der Waals surface area contributed by atoms with Crippen LogP contribution in [0.3, 0.4) is 0 Å². The number of benzene rings is 1. The third-order valence-electron chi connectivity index (χ3n) is 4.21. The second-order valence-electron chi connectivity index (χ2n) is 6.18. The number of nitrogens with zero attached hydrogens (tertiary/aromatic N) is 1. The van der Waals surface area contributed by atoms with E-state index in [0.29, 0.717) is 5.92 Å². The first kappa shape index (κ1) is 15.0. The fourth-order valence-corrected chi connectivity index (χ4v) is 3.09. The Morgan fingerprint density at radius 3 is 2.70 bits per heavy atom. The lowest BCUT2D eigenvalue weighted by molar-refractivity contribution is -0.138. The number of carbonyl (C=O) groups is 1. The van der Waals surface area contributed by atoms with Crippen molar-refractivity contribution in [2.75, 3.05) is 13.1 Å². The average Bonchev–Trinajstić information content (AvgIpc) is 2.40. The number of hydrogen-bond donors (Lipinski definition) is 1. The zero-order chi connectivity index (χ0) is 14.5. The molecule has 0 radical (unpaired) electrons. The Kier molecular flexibility index (Phi) is 5.18. The summed E-state index contributed by atoms with van der Waals surface area (Å²) < 4.78 is 0. The van der Waals surface area contributed by atoms with Crippen molar-refractivity contribution in [3.8, 4) is 0 Å². The van der Waals surface area contributed by atoms with Gasteiger partial charge in [-0.15, -0.1) is 0 Å².